The van der Waals surface area contributed by atoms with Gasteiger partial charge in [0, 0.05) is 45.1 Å². The Kier molecular flexibility index (Phi) is 5.09. The van der Waals surface area contributed by atoms with E-state index in [1.54, 1.807) is 0 Å². The van der Waals surface area contributed by atoms with Gasteiger partial charge in [0.25, 0.3) is 5.91 Å². The zero-order valence-corrected chi connectivity index (χ0v) is 15.6. The smallest absolute Gasteiger partial charge is 0.272 e. The number of anilines is 1. The zero-order chi connectivity index (χ0) is 18.0. The molecule has 1 aromatic rings. The summed E-state index contributed by atoms with van der Waals surface area (Å²) in [5.41, 5.74) is 0.517. The molecule has 3 saturated heterocycles. The molecule has 7 heteroatoms. The van der Waals surface area contributed by atoms with Crippen molar-refractivity contribution in [3.63, 3.8) is 0 Å². The summed E-state index contributed by atoms with van der Waals surface area (Å²) in [7, 11) is 0. The topological polar surface area (TPSA) is 67.8 Å². The highest BCUT2D eigenvalue weighted by molar-refractivity contribution is 5.93. The number of likely N-dealkylation sites (tertiary alicyclic amines) is 1. The molecule has 0 aromatic carbocycles. The summed E-state index contributed by atoms with van der Waals surface area (Å²) in [4.78, 5) is 26.1. The van der Waals surface area contributed by atoms with E-state index in [9.17, 15) is 4.79 Å². The summed E-state index contributed by atoms with van der Waals surface area (Å²) >= 11 is 0. The van der Waals surface area contributed by atoms with E-state index in [4.69, 9.17) is 9.47 Å². The van der Waals surface area contributed by atoms with Crippen molar-refractivity contribution in [1.29, 1.82) is 0 Å². The van der Waals surface area contributed by atoms with Gasteiger partial charge >= 0.3 is 0 Å². The second-order valence-electron chi connectivity index (χ2n) is 7.46. The van der Waals surface area contributed by atoms with Crippen LogP contribution in [-0.4, -0.2) is 66.0 Å². The van der Waals surface area contributed by atoms with Crippen LogP contribution >= 0.6 is 0 Å². The van der Waals surface area contributed by atoms with Gasteiger partial charge in [-0.2, -0.15) is 0 Å². The average molecular weight is 360 g/mol. The van der Waals surface area contributed by atoms with Gasteiger partial charge in [-0.3, -0.25) is 4.79 Å². The van der Waals surface area contributed by atoms with Crippen molar-refractivity contribution < 1.29 is 14.3 Å². The first kappa shape index (κ1) is 17.7. The summed E-state index contributed by atoms with van der Waals surface area (Å²) < 4.78 is 11.6. The molecule has 1 spiro atoms. The van der Waals surface area contributed by atoms with E-state index < -0.39 is 5.79 Å². The van der Waals surface area contributed by atoms with Crippen LogP contribution in [0.15, 0.2) is 6.07 Å². The first-order chi connectivity index (χ1) is 12.7. The van der Waals surface area contributed by atoms with Crippen molar-refractivity contribution >= 4 is 11.7 Å². The fourth-order valence-electron chi connectivity index (χ4n) is 4.12. The number of hydrogen-bond donors (Lipinski definition) is 0. The first-order valence-corrected chi connectivity index (χ1v) is 9.83. The first-order valence-electron chi connectivity index (χ1n) is 9.83. The third-order valence-electron chi connectivity index (χ3n) is 5.60. The van der Waals surface area contributed by atoms with Gasteiger partial charge in [-0.05, 0) is 19.8 Å². The molecule has 3 aliphatic heterocycles. The zero-order valence-electron chi connectivity index (χ0n) is 15.6. The van der Waals surface area contributed by atoms with Crippen molar-refractivity contribution in [3.05, 3.63) is 17.6 Å². The Hall–Kier alpha value is -1.73. The van der Waals surface area contributed by atoms with Crippen LogP contribution in [0.3, 0.4) is 0 Å². The molecule has 1 amide bonds. The number of carbonyl (C=O) groups excluding carboxylic acids is 1. The fourth-order valence-corrected chi connectivity index (χ4v) is 4.12. The average Bonchev–Trinajstić information content (AvgIpc) is 2.93. The molecule has 142 valence electrons. The Labute approximate surface area is 154 Å². The maximum Gasteiger partial charge on any atom is 0.272 e. The molecule has 3 fully saturated rings. The number of hydrogen-bond acceptors (Lipinski definition) is 6. The van der Waals surface area contributed by atoms with E-state index in [0.717, 1.165) is 57.7 Å². The van der Waals surface area contributed by atoms with Gasteiger partial charge in [0.05, 0.1) is 13.2 Å². The van der Waals surface area contributed by atoms with E-state index in [2.05, 4.69) is 14.9 Å². The lowest BCUT2D eigenvalue weighted by Crippen LogP contribution is -2.45. The Morgan fingerprint density at radius 3 is 2.31 bits per heavy atom. The molecule has 1 aromatic heterocycles. The van der Waals surface area contributed by atoms with E-state index in [1.807, 2.05) is 17.9 Å². The Bertz CT molecular complexity index is 642. The molecule has 26 heavy (non-hydrogen) atoms. The minimum absolute atomic E-state index is 0.0367. The molecular formula is C19H28N4O3. The molecule has 0 radical (unpaired) electrons. The predicted molar refractivity (Wildman–Crippen MR) is 97.2 cm³/mol. The predicted octanol–water partition coefficient (Wildman–Crippen LogP) is 2.14. The van der Waals surface area contributed by atoms with Crippen molar-refractivity contribution in [1.82, 2.24) is 14.9 Å². The fraction of sp³-hybridized carbons (Fsp3) is 0.737. The van der Waals surface area contributed by atoms with E-state index >= 15 is 0 Å². The van der Waals surface area contributed by atoms with Crippen LogP contribution < -0.4 is 4.90 Å². The number of aromatic nitrogens is 2. The lowest BCUT2D eigenvalue weighted by molar-refractivity contribution is -0.169. The summed E-state index contributed by atoms with van der Waals surface area (Å²) in [5.74, 6) is 1.12. The summed E-state index contributed by atoms with van der Waals surface area (Å²) in [6.07, 6.45) is 6.22. The van der Waals surface area contributed by atoms with Gasteiger partial charge in [0.2, 0.25) is 0 Å². The number of piperidine rings is 1. The second-order valence-corrected chi connectivity index (χ2v) is 7.46. The van der Waals surface area contributed by atoms with E-state index in [1.165, 1.54) is 12.8 Å². The monoisotopic (exact) mass is 360 g/mol. The minimum atomic E-state index is -0.400. The largest absolute Gasteiger partial charge is 0.356 e. The van der Waals surface area contributed by atoms with Crippen molar-refractivity contribution in [3.8, 4) is 0 Å². The van der Waals surface area contributed by atoms with Crippen molar-refractivity contribution in [2.45, 2.75) is 51.2 Å². The van der Waals surface area contributed by atoms with E-state index in [-0.39, 0.29) is 5.91 Å². The standard InChI is InChI=1S/C19H28N4O3/c1-15-20-16(18(24)23-8-4-2-3-5-9-23)14-17(21-15)22-10-6-19(7-11-22)25-12-13-26-19/h14H,2-13H2,1H3. The highest BCUT2D eigenvalue weighted by Gasteiger charge is 2.40. The van der Waals surface area contributed by atoms with Crippen LogP contribution in [0.25, 0.3) is 0 Å². The number of aryl methyl sites for hydroxylation is 1. The quantitative estimate of drug-likeness (QED) is 0.805. The molecule has 3 aliphatic rings. The Morgan fingerprint density at radius 2 is 1.65 bits per heavy atom. The molecule has 0 unspecified atom stereocenters. The van der Waals surface area contributed by atoms with Gasteiger partial charge in [0.15, 0.2) is 5.79 Å². The van der Waals surface area contributed by atoms with Crippen LogP contribution in [-0.2, 0) is 9.47 Å². The van der Waals surface area contributed by atoms with Crippen LogP contribution in [0.5, 0.6) is 0 Å². The van der Waals surface area contributed by atoms with Crippen LogP contribution in [0, 0.1) is 6.92 Å². The number of amides is 1. The molecule has 4 rings (SSSR count). The third-order valence-corrected chi connectivity index (χ3v) is 5.60. The summed E-state index contributed by atoms with van der Waals surface area (Å²) in [6, 6.07) is 1.86. The summed E-state index contributed by atoms with van der Waals surface area (Å²) in [6.45, 7) is 6.51. The van der Waals surface area contributed by atoms with Crippen LogP contribution in [0.4, 0.5) is 5.82 Å². The minimum Gasteiger partial charge on any atom is -0.356 e. The van der Waals surface area contributed by atoms with Crippen molar-refractivity contribution in [2.24, 2.45) is 0 Å². The molecule has 7 nitrogen and oxygen atoms in total. The van der Waals surface area contributed by atoms with Gasteiger partial charge in [-0.1, -0.05) is 12.8 Å². The third kappa shape index (κ3) is 3.69. The highest BCUT2D eigenvalue weighted by Crippen LogP contribution is 2.32. The SMILES string of the molecule is Cc1nc(C(=O)N2CCCCCC2)cc(N2CCC3(CC2)OCCO3)n1. The molecular weight excluding hydrogens is 332 g/mol. The van der Waals surface area contributed by atoms with Crippen molar-refractivity contribution in [2.75, 3.05) is 44.3 Å². The molecule has 0 aliphatic carbocycles. The maximum absolute atomic E-state index is 12.9. The molecule has 0 saturated carbocycles. The van der Waals surface area contributed by atoms with Gasteiger partial charge in [-0.15, -0.1) is 0 Å². The second kappa shape index (κ2) is 7.48. The van der Waals surface area contributed by atoms with Gasteiger partial charge in [-0.25, -0.2) is 9.97 Å². The Morgan fingerprint density at radius 1 is 1.00 bits per heavy atom. The number of carbonyl (C=O) groups is 1. The molecule has 0 N–H and O–H groups in total. The summed E-state index contributed by atoms with van der Waals surface area (Å²) in [5, 5.41) is 0. The molecule has 0 bridgehead atoms. The normalized spacial score (nSPS) is 23.3. The number of ether oxygens (including phenoxy) is 2. The van der Waals surface area contributed by atoms with Gasteiger partial charge in [0.1, 0.15) is 17.3 Å². The van der Waals surface area contributed by atoms with Gasteiger partial charge < -0.3 is 19.3 Å². The lowest BCUT2D eigenvalue weighted by atomic mass is 10.0. The number of nitrogens with zero attached hydrogens (tertiary/aromatic N) is 4. The number of rotatable bonds is 2. The highest BCUT2D eigenvalue weighted by atomic mass is 16.7. The Balaban J connectivity index is 1.48. The molecule has 0 atom stereocenters. The maximum atomic E-state index is 12.9. The van der Waals surface area contributed by atoms with E-state index in [0.29, 0.717) is 24.7 Å². The lowest BCUT2D eigenvalue weighted by Gasteiger charge is -2.38. The van der Waals surface area contributed by atoms with Crippen LogP contribution in [0.1, 0.15) is 54.8 Å². The molecule has 4 heterocycles. The van der Waals surface area contributed by atoms with Crippen LogP contribution in [0.2, 0.25) is 0 Å².